The maximum atomic E-state index is 11.7. The molecule has 1 amide bonds. The smallest absolute Gasteiger partial charge is 0.241 e. The first-order chi connectivity index (χ1) is 7.77. The molecule has 1 aliphatic rings. The SMILES string of the molecule is N[C@H](C(=O)NCCC1CC1)c1ccccc1. The number of rotatable bonds is 5. The molecular weight excluding hydrogens is 200 g/mol. The van der Waals surface area contributed by atoms with Crippen molar-refractivity contribution in [1.82, 2.24) is 5.32 Å². The minimum Gasteiger partial charge on any atom is -0.354 e. The van der Waals surface area contributed by atoms with Crippen LogP contribution in [0.15, 0.2) is 30.3 Å². The first-order valence-corrected chi connectivity index (χ1v) is 5.85. The molecule has 16 heavy (non-hydrogen) atoms. The molecule has 0 radical (unpaired) electrons. The van der Waals surface area contributed by atoms with Crippen LogP contribution in [0.25, 0.3) is 0 Å². The van der Waals surface area contributed by atoms with E-state index in [4.69, 9.17) is 5.73 Å². The number of hydrogen-bond donors (Lipinski definition) is 2. The van der Waals surface area contributed by atoms with Crippen molar-refractivity contribution in [3.05, 3.63) is 35.9 Å². The molecule has 3 nitrogen and oxygen atoms in total. The van der Waals surface area contributed by atoms with Crippen LogP contribution in [0.4, 0.5) is 0 Å². The molecule has 3 N–H and O–H groups in total. The Kier molecular flexibility index (Phi) is 3.57. The second kappa shape index (κ2) is 5.12. The van der Waals surface area contributed by atoms with E-state index in [2.05, 4.69) is 5.32 Å². The van der Waals surface area contributed by atoms with Crippen LogP contribution in [0.3, 0.4) is 0 Å². The Morgan fingerprint density at radius 2 is 2.06 bits per heavy atom. The fraction of sp³-hybridized carbons (Fsp3) is 0.462. The molecule has 1 atom stereocenters. The zero-order chi connectivity index (χ0) is 11.4. The fourth-order valence-corrected chi connectivity index (χ4v) is 1.73. The number of nitrogens with two attached hydrogens (primary N) is 1. The van der Waals surface area contributed by atoms with Gasteiger partial charge in [0.15, 0.2) is 0 Å². The topological polar surface area (TPSA) is 55.1 Å². The molecule has 1 saturated carbocycles. The van der Waals surface area contributed by atoms with Crippen LogP contribution in [0.2, 0.25) is 0 Å². The number of hydrogen-bond acceptors (Lipinski definition) is 2. The van der Waals surface area contributed by atoms with Crippen molar-refractivity contribution in [2.24, 2.45) is 11.7 Å². The molecule has 0 aliphatic heterocycles. The predicted molar refractivity (Wildman–Crippen MR) is 63.7 cm³/mol. The van der Waals surface area contributed by atoms with Gasteiger partial charge in [-0.3, -0.25) is 4.79 Å². The van der Waals surface area contributed by atoms with Gasteiger partial charge in [0, 0.05) is 6.54 Å². The first kappa shape index (κ1) is 11.1. The third kappa shape index (κ3) is 3.07. The Morgan fingerprint density at radius 1 is 1.38 bits per heavy atom. The largest absolute Gasteiger partial charge is 0.354 e. The van der Waals surface area contributed by atoms with Crippen LogP contribution >= 0.6 is 0 Å². The van der Waals surface area contributed by atoms with E-state index in [9.17, 15) is 4.79 Å². The molecule has 0 unspecified atom stereocenters. The Hall–Kier alpha value is -1.35. The van der Waals surface area contributed by atoms with Gasteiger partial charge in [-0.2, -0.15) is 0 Å². The molecule has 0 spiro atoms. The van der Waals surface area contributed by atoms with Gasteiger partial charge >= 0.3 is 0 Å². The van der Waals surface area contributed by atoms with Gasteiger partial charge in [0.2, 0.25) is 5.91 Å². The van der Waals surface area contributed by atoms with Gasteiger partial charge < -0.3 is 11.1 Å². The van der Waals surface area contributed by atoms with Crippen LogP contribution in [0.1, 0.15) is 30.9 Å². The summed E-state index contributed by atoms with van der Waals surface area (Å²) in [7, 11) is 0. The van der Waals surface area contributed by atoms with Crippen molar-refractivity contribution < 1.29 is 4.79 Å². The van der Waals surface area contributed by atoms with Crippen LogP contribution in [-0.2, 0) is 4.79 Å². The summed E-state index contributed by atoms with van der Waals surface area (Å²) in [6.07, 6.45) is 3.73. The van der Waals surface area contributed by atoms with Gasteiger partial charge in [-0.05, 0) is 17.9 Å². The lowest BCUT2D eigenvalue weighted by Crippen LogP contribution is -2.34. The lowest BCUT2D eigenvalue weighted by atomic mass is 10.1. The summed E-state index contributed by atoms with van der Waals surface area (Å²) in [4.78, 5) is 11.7. The summed E-state index contributed by atoms with van der Waals surface area (Å²) in [6, 6.07) is 8.93. The molecule has 1 aliphatic carbocycles. The van der Waals surface area contributed by atoms with Gasteiger partial charge in [0.1, 0.15) is 6.04 Å². The highest BCUT2D eigenvalue weighted by atomic mass is 16.2. The second-order valence-electron chi connectivity index (χ2n) is 4.41. The molecule has 1 aromatic rings. The summed E-state index contributed by atoms with van der Waals surface area (Å²) in [5.41, 5.74) is 6.73. The van der Waals surface area contributed by atoms with Crippen molar-refractivity contribution in [1.29, 1.82) is 0 Å². The highest BCUT2D eigenvalue weighted by Gasteiger charge is 2.21. The zero-order valence-electron chi connectivity index (χ0n) is 9.36. The van der Waals surface area contributed by atoms with Gasteiger partial charge in [0.25, 0.3) is 0 Å². The normalized spacial score (nSPS) is 16.8. The zero-order valence-corrected chi connectivity index (χ0v) is 9.36. The standard InChI is InChI=1S/C13H18N2O/c14-12(11-4-2-1-3-5-11)13(16)15-9-8-10-6-7-10/h1-5,10,12H,6-9,14H2,(H,15,16)/t12-/m0/s1. The van der Waals surface area contributed by atoms with E-state index in [0.717, 1.165) is 24.4 Å². The van der Waals surface area contributed by atoms with Gasteiger partial charge in [-0.15, -0.1) is 0 Å². The number of carbonyl (C=O) groups is 1. The lowest BCUT2D eigenvalue weighted by Gasteiger charge is -2.12. The Labute approximate surface area is 96.0 Å². The average Bonchev–Trinajstić information content (AvgIpc) is 3.13. The highest BCUT2D eigenvalue weighted by molar-refractivity contribution is 5.82. The summed E-state index contributed by atoms with van der Waals surface area (Å²) in [5, 5.41) is 2.89. The second-order valence-corrected chi connectivity index (χ2v) is 4.41. The molecule has 3 heteroatoms. The van der Waals surface area contributed by atoms with Gasteiger partial charge in [0.05, 0.1) is 0 Å². The van der Waals surface area contributed by atoms with E-state index >= 15 is 0 Å². The molecule has 0 bridgehead atoms. The average molecular weight is 218 g/mol. The Balaban J connectivity index is 1.79. The summed E-state index contributed by atoms with van der Waals surface area (Å²) in [5.74, 6) is 0.764. The molecule has 86 valence electrons. The summed E-state index contributed by atoms with van der Waals surface area (Å²) in [6.45, 7) is 0.754. The van der Waals surface area contributed by atoms with Gasteiger partial charge in [-0.25, -0.2) is 0 Å². The van der Waals surface area contributed by atoms with E-state index < -0.39 is 6.04 Å². The van der Waals surface area contributed by atoms with E-state index in [1.807, 2.05) is 30.3 Å². The maximum absolute atomic E-state index is 11.7. The summed E-state index contributed by atoms with van der Waals surface area (Å²) < 4.78 is 0. The molecule has 1 aromatic carbocycles. The quantitative estimate of drug-likeness (QED) is 0.788. The molecule has 0 heterocycles. The molecule has 1 fully saturated rings. The first-order valence-electron chi connectivity index (χ1n) is 5.85. The van der Waals surface area contributed by atoms with Gasteiger partial charge in [-0.1, -0.05) is 43.2 Å². The predicted octanol–water partition coefficient (Wildman–Crippen LogP) is 1.60. The number of benzene rings is 1. The van der Waals surface area contributed by atoms with E-state index in [0.29, 0.717) is 0 Å². The number of amides is 1. The van der Waals surface area contributed by atoms with E-state index in [1.54, 1.807) is 0 Å². The van der Waals surface area contributed by atoms with Crippen molar-refractivity contribution in [3.63, 3.8) is 0 Å². The number of carbonyl (C=O) groups excluding carboxylic acids is 1. The third-order valence-electron chi connectivity index (χ3n) is 2.99. The molecule has 0 saturated heterocycles. The van der Waals surface area contributed by atoms with Crippen LogP contribution in [-0.4, -0.2) is 12.5 Å². The third-order valence-corrected chi connectivity index (χ3v) is 2.99. The van der Waals surface area contributed by atoms with E-state index in [1.165, 1.54) is 12.8 Å². The number of nitrogens with one attached hydrogen (secondary N) is 1. The van der Waals surface area contributed by atoms with Crippen molar-refractivity contribution >= 4 is 5.91 Å². The van der Waals surface area contributed by atoms with Crippen LogP contribution < -0.4 is 11.1 Å². The minimum absolute atomic E-state index is 0.0770. The van der Waals surface area contributed by atoms with Crippen LogP contribution in [0.5, 0.6) is 0 Å². The highest BCUT2D eigenvalue weighted by Crippen LogP contribution is 2.31. The molecule has 2 rings (SSSR count). The Morgan fingerprint density at radius 3 is 2.69 bits per heavy atom. The van der Waals surface area contributed by atoms with Crippen molar-refractivity contribution in [3.8, 4) is 0 Å². The van der Waals surface area contributed by atoms with Crippen molar-refractivity contribution in [2.45, 2.75) is 25.3 Å². The summed E-state index contributed by atoms with van der Waals surface area (Å²) >= 11 is 0. The molecular formula is C13H18N2O. The maximum Gasteiger partial charge on any atom is 0.241 e. The Bertz CT molecular complexity index is 346. The fourth-order valence-electron chi connectivity index (χ4n) is 1.73. The van der Waals surface area contributed by atoms with Crippen LogP contribution in [0, 0.1) is 5.92 Å². The van der Waals surface area contributed by atoms with Crippen molar-refractivity contribution in [2.75, 3.05) is 6.54 Å². The van der Waals surface area contributed by atoms with E-state index in [-0.39, 0.29) is 5.91 Å². The lowest BCUT2D eigenvalue weighted by molar-refractivity contribution is -0.122. The molecule has 0 aromatic heterocycles. The minimum atomic E-state index is -0.541. The monoisotopic (exact) mass is 218 g/mol.